The molecule has 0 unspecified atom stereocenters. The van der Waals surface area contributed by atoms with Gasteiger partial charge in [0.05, 0.1) is 38.2 Å². The molecule has 1 fully saturated rings. The minimum atomic E-state index is -0.334. The molecule has 6 heteroatoms. The van der Waals surface area contributed by atoms with E-state index >= 15 is 0 Å². The van der Waals surface area contributed by atoms with Gasteiger partial charge < -0.3 is 14.5 Å². The molecule has 0 spiro atoms. The summed E-state index contributed by atoms with van der Waals surface area (Å²) < 4.78 is 5.29. The SMILES string of the molecule is COc1cccc(N2CC[NH+](Cc3cccc([N+](=O)[O-])c3)CC2)c1. The van der Waals surface area contributed by atoms with E-state index in [9.17, 15) is 10.1 Å². The quantitative estimate of drug-likeness (QED) is 0.668. The van der Waals surface area contributed by atoms with Crippen LogP contribution in [0.5, 0.6) is 5.75 Å². The molecule has 6 nitrogen and oxygen atoms in total. The maximum atomic E-state index is 10.9. The fraction of sp³-hybridized carbons (Fsp3) is 0.333. The molecule has 126 valence electrons. The van der Waals surface area contributed by atoms with Gasteiger partial charge in [0.2, 0.25) is 0 Å². The number of nitro benzene ring substituents is 1. The highest BCUT2D eigenvalue weighted by Gasteiger charge is 2.21. The molecular formula is C18H22N3O3+. The van der Waals surface area contributed by atoms with Crippen LogP contribution in [-0.4, -0.2) is 38.2 Å². The molecule has 0 atom stereocenters. The van der Waals surface area contributed by atoms with Gasteiger partial charge in [-0.05, 0) is 12.1 Å². The summed E-state index contributed by atoms with van der Waals surface area (Å²) in [4.78, 5) is 14.4. The number of benzene rings is 2. The average Bonchev–Trinajstić information content (AvgIpc) is 2.62. The molecule has 1 aliphatic rings. The van der Waals surface area contributed by atoms with Gasteiger partial charge in [-0.15, -0.1) is 0 Å². The Morgan fingerprint density at radius 2 is 1.92 bits per heavy atom. The second kappa shape index (κ2) is 7.31. The summed E-state index contributed by atoms with van der Waals surface area (Å²) in [7, 11) is 1.68. The molecule has 0 aliphatic carbocycles. The Morgan fingerprint density at radius 3 is 2.62 bits per heavy atom. The van der Waals surface area contributed by atoms with E-state index in [0.717, 1.165) is 44.0 Å². The van der Waals surface area contributed by atoms with Gasteiger partial charge in [0.25, 0.3) is 5.69 Å². The lowest BCUT2D eigenvalue weighted by Gasteiger charge is -2.33. The Bertz CT molecular complexity index is 712. The summed E-state index contributed by atoms with van der Waals surface area (Å²) in [5.41, 5.74) is 2.37. The predicted octanol–water partition coefficient (Wildman–Crippen LogP) is 1.51. The first-order valence-electron chi connectivity index (χ1n) is 8.11. The van der Waals surface area contributed by atoms with E-state index in [-0.39, 0.29) is 10.6 Å². The van der Waals surface area contributed by atoms with Crippen LogP contribution in [0.3, 0.4) is 0 Å². The molecule has 0 aromatic heterocycles. The molecule has 1 heterocycles. The van der Waals surface area contributed by atoms with E-state index in [1.807, 2.05) is 18.2 Å². The van der Waals surface area contributed by atoms with Crippen LogP contribution in [0.25, 0.3) is 0 Å². The van der Waals surface area contributed by atoms with Crippen molar-refractivity contribution in [1.29, 1.82) is 0 Å². The third-order valence-corrected chi connectivity index (χ3v) is 4.46. The molecule has 2 aromatic carbocycles. The highest BCUT2D eigenvalue weighted by atomic mass is 16.6. The van der Waals surface area contributed by atoms with Crippen molar-refractivity contribution in [2.45, 2.75) is 6.54 Å². The third-order valence-electron chi connectivity index (χ3n) is 4.46. The zero-order chi connectivity index (χ0) is 16.9. The van der Waals surface area contributed by atoms with E-state index in [1.54, 1.807) is 25.3 Å². The van der Waals surface area contributed by atoms with Gasteiger partial charge in [0.1, 0.15) is 12.3 Å². The van der Waals surface area contributed by atoms with Crippen molar-refractivity contribution >= 4 is 11.4 Å². The number of anilines is 1. The number of rotatable bonds is 5. The number of nitrogens with one attached hydrogen (secondary N) is 1. The number of piperazine rings is 1. The summed E-state index contributed by atoms with van der Waals surface area (Å²) in [6.45, 7) is 4.79. The standard InChI is InChI=1S/C18H21N3O3/c1-24-18-7-3-5-16(13-18)20-10-8-19(9-11-20)14-15-4-2-6-17(12-15)21(22)23/h2-7,12-13H,8-11,14H2,1H3/p+1. The largest absolute Gasteiger partial charge is 0.497 e. The van der Waals surface area contributed by atoms with Crippen molar-refractivity contribution in [3.8, 4) is 5.75 Å². The van der Waals surface area contributed by atoms with Crippen molar-refractivity contribution in [1.82, 2.24) is 0 Å². The zero-order valence-corrected chi connectivity index (χ0v) is 13.8. The van der Waals surface area contributed by atoms with Gasteiger partial charge in [-0.25, -0.2) is 0 Å². The van der Waals surface area contributed by atoms with Crippen LogP contribution in [-0.2, 0) is 6.54 Å². The smallest absolute Gasteiger partial charge is 0.269 e. The lowest BCUT2D eigenvalue weighted by atomic mass is 10.1. The Labute approximate surface area is 141 Å². The van der Waals surface area contributed by atoms with Crippen molar-refractivity contribution in [2.75, 3.05) is 38.2 Å². The molecule has 1 saturated heterocycles. The Balaban J connectivity index is 1.59. The van der Waals surface area contributed by atoms with Gasteiger partial charge in [-0.2, -0.15) is 0 Å². The predicted molar refractivity (Wildman–Crippen MR) is 92.7 cm³/mol. The van der Waals surface area contributed by atoms with Crippen molar-refractivity contribution in [3.05, 3.63) is 64.2 Å². The zero-order valence-electron chi connectivity index (χ0n) is 13.8. The monoisotopic (exact) mass is 328 g/mol. The number of hydrogen-bond acceptors (Lipinski definition) is 4. The Kier molecular flexibility index (Phi) is 4.96. The first-order valence-corrected chi connectivity index (χ1v) is 8.11. The molecule has 0 amide bonds. The fourth-order valence-corrected chi connectivity index (χ4v) is 3.13. The van der Waals surface area contributed by atoms with E-state index in [4.69, 9.17) is 4.74 Å². The molecule has 0 bridgehead atoms. The topological polar surface area (TPSA) is 60.0 Å². The Hall–Kier alpha value is -2.60. The van der Waals surface area contributed by atoms with Gasteiger partial charge in [0.15, 0.2) is 0 Å². The number of nitrogens with zero attached hydrogens (tertiary/aromatic N) is 2. The number of nitro groups is 1. The summed E-state index contributed by atoms with van der Waals surface area (Å²) >= 11 is 0. The van der Waals surface area contributed by atoms with Gasteiger partial charge in [-0.3, -0.25) is 10.1 Å². The van der Waals surface area contributed by atoms with Crippen LogP contribution in [0.4, 0.5) is 11.4 Å². The summed E-state index contributed by atoms with van der Waals surface area (Å²) in [6, 6.07) is 15.1. The molecule has 0 saturated carbocycles. The molecule has 0 radical (unpaired) electrons. The lowest BCUT2D eigenvalue weighted by Crippen LogP contribution is -3.13. The highest BCUT2D eigenvalue weighted by Crippen LogP contribution is 2.20. The molecule has 2 aromatic rings. The van der Waals surface area contributed by atoms with Crippen molar-refractivity contribution in [3.63, 3.8) is 0 Å². The number of quaternary nitrogens is 1. The third kappa shape index (κ3) is 3.83. The van der Waals surface area contributed by atoms with Crippen LogP contribution >= 0.6 is 0 Å². The number of hydrogen-bond donors (Lipinski definition) is 1. The van der Waals surface area contributed by atoms with Crippen molar-refractivity contribution in [2.24, 2.45) is 0 Å². The minimum absolute atomic E-state index is 0.168. The maximum Gasteiger partial charge on any atom is 0.269 e. The molecular weight excluding hydrogens is 306 g/mol. The number of non-ortho nitro benzene ring substituents is 1. The molecule has 24 heavy (non-hydrogen) atoms. The lowest BCUT2D eigenvalue weighted by molar-refractivity contribution is -0.914. The van der Waals surface area contributed by atoms with Gasteiger partial charge in [-0.1, -0.05) is 18.2 Å². The van der Waals surface area contributed by atoms with Crippen LogP contribution in [0.2, 0.25) is 0 Å². The second-order valence-corrected chi connectivity index (χ2v) is 6.04. The van der Waals surface area contributed by atoms with Gasteiger partial charge >= 0.3 is 0 Å². The van der Waals surface area contributed by atoms with E-state index in [1.165, 1.54) is 10.6 Å². The van der Waals surface area contributed by atoms with Crippen LogP contribution in [0.15, 0.2) is 48.5 Å². The van der Waals surface area contributed by atoms with Crippen LogP contribution in [0.1, 0.15) is 5.56 Å². The Morgan fingerprint density at radius 1 is 1.17 bits per heavy atom. The second-order valence-electron chi connectivity index (χ2n) is 6.04. The minimum Gasteiger partial charge on any atom is -0.497 e. The normalized spacial score (nSPS) is 15.3. The summed E-state index contributed by atoms with van der Waals surface area (Å²) in [6.07, 6.45) is 0. The summed E-state index contributed by atoms with van der Waals surface area (Å²) in [5.74, 6) is 0.874. The fourth-order valence-electron chi connectivity index (χ4n) is 3.13. The first-order chi connectivity index (χ1) is 11.7. The van der Waals surface area contributed by atoms with E-state index in [0.29, 0.717) is 0 Å². The number of methoxy groups -OCH3 is 1. The van der Waals surface area contributed by atoms with Crippen molar-refractivity contribution < 1.29 is 14.6 Å². The van der Waals surface area contributed by atoms with Crippen LogP contribution < -0.4 is 14.5 Å². The average molecular weight is 328 g/mol. The maximum absolute atomic E-state index is 10.9. The van der Waals surface area contributed by atoms with Gasteiger partial charge in [0, 0.05) is 29.4 Å². The molecule has 3 rings (SSSR count). The first kappa shape index (κ1) is 16.3. The highest BCUT2D eigenvalue weighted by molar-refractivity contribution is 5.50. The van der Waals surface area contributed by atoms with Crippen LogP contribution in [0, 0.1) is 10.1 Å². The molecule has 1 aliphatic heterocycles. The van der Waals surface area contributed by atoms with E-state index < -0.39 is 0 Å². The molecule has 1 N–H and O–H groups in total. The van der Waals surface area contributed by atoms with E-state index in [2.05, 4.69) is 17.0 Å². The summed E-state index contributed by atoms with van der Waals surface area (Å²) in [5, 5.41) is 10.9. The number of ether oxygens (including phenoxy) is 1.